The van der Waals surface area contributed by atoms with Crippen molar-refractivity contribution in [3.05, 3.63) is 88.5 Å². The molecule has 0 saturated carbocycles. The fourth-order valence-corrected chi connectivity index (χ4v) is 4.23. The first kappa shape index (κ1) is 23.4. The Hall–Kier alpha value is -3.80. The molecule has 0 radical (unpaired) electrons. The number of rotatable bonds is 6. The van der Waals surface area contributed by atoms with E-state index in [4.69, 9.17) is 0 Å². The first-order valence-electron chi connectivity index (χ1n) is 11.8. The molecular weight excluding hydrogens is 424 g/mol. The molecule has 0 bridgehead atoms. The summed E-state index contributed by atoms with van der Waals surface area (Å²) in [6.07, 6.45) is 2.24. The number of hydrogen-bond donors (Lipinski definition) is 3. The standard InChI is InChI=1S/C28H32N4O2/c1-19-6-9-22(10-7-19)18-29-27(33)23-11-13-26(32-14-4-5-15-32)25(17-23)31-28(34)30-24-12-8-20(2)16-21(24)3/h6-13,16-17H,4-5,14-15,18H2,1-3H3,(H,29,33)(H2,30,31,34). The summed E-state index contributed by atoms with van der Waals surface area (Å²) in [5, 5.41) is 8.89. The van der Waals surface area contributed by atoms with E-state index in [9.17, 15) is 9.59 Å². The Balaban J connectivity index is 1.51. The Morgan fingerprint density at radius 1 is 0.794 bits per heavy atom. The van der Waals surface area contributed by atoms with Gasteiger partial charge in [0.2, 0.25) is 0 Å². The highest BCUT2D eigenvalue weighted by Gasteiger charge is 2.19. The van der Waals surface area contributed by atoms with Crippen LogP contribution in [0.5, 0.6) is 0 Å². The van der Waals surface area contributed by atoms with Gasteiger partial charge >= 0.3 is 6.03 Å². The van der Waals surface area contributed by atoms with Crippen LogP contribution in [0.1, 0.15) is 45.5 Å². The topological polar surface area (TPSA) is 73.5 Å². The van der Waals surface area contributed by atoms with Gasteiger partial charge in [0.15, 0.2) is 0 Å². The molecule has 0 unspecified atom stereocenters. The fraction of sp³-hybridized carbons (Fsp3) is 0.286. The molecule has 0 spiro atoms. The molecule has 3 aromatic carbocycles. The lowest BCUT2D eigenvalue weighted by Gasteiger charge is -2.22. The van der Waals surface area contributed by atoms with E-state index >= 15 is 0 Å². The molecule has 1 fully saturated rings. The molecule has 0 aromatic heterocycles. The Morgan fingerprint density at radius 3 is 2.18 bits per heavy atom. The number of nitrogens with one attached hydrogen (secondary N) is 3. The average Bonchev–Trinajstić information content (AvgIpc) is 3.35. The quantitative estimate of drug-likeness (QED) is 0.440. The van der Waals surface area contributed by atoms with Crippen LogP contribution in [0.4, 0.5) is 21.9 Å². The van der Waals surface area contributed by atoms with Crippen LogP contribution in [-0.2, 0) is 6.54 Å². The fourth-order valence-electron chi connectivity index (χ4n) is 4.23. The number of carbonyl (C=O) groups is 2. The maximum atomic E-state index is 12.9. The molecule has 6 heteroatoms. The minimum atomic E-state index is -0.329. The van der Waals surface area contributed by atoms with Crippen LogP contribution in [-0.4, -0.2) is 25.0 Å². The maximum absolute atomic E-state index is 12.9. The number of carbonyl (C=O) groups excluding carboxylic acids is 2. The van der Waals surface area contributed by atoms with Gasteiger partial charge in [-0.05, 0) is 69.0 Å². The third-order valence-corrected chi connectivity index (χ3v) is 6.16. The predicted octanol–water partition coefficient (Wildman–Crippen LogP) is 5.79. The Kier molecular flexibility index (Phi) is 7.16. The summed E-state index contributed by atoms with van der Waals surface area (Å²) in [6, 6.07) is 19.2. The van der Waals surface area contributed by atoms with E-state index in [1.54, 1.807) is 6.07 Å². The number of hydrogen-bond acceptors (Lipinski definition) is 3. The zero-order valence-corrected chi connectivity index (χ0v) is 20.1. The van der Waals surface area contributed by atoms with Crippen LogP contribution in [0.15, 0.2) is 60.7 Å². The van der Waals surface area contributed by atoms with Crippen molar-refractivity contribution in [1.82, 2.24) is 5.32 Å². The molecule has 3 aromatic rings. The minimum absolute atomic E-state index is 0.175. The number of benzene rings is 3. The number of amides is 3. The Bertz CT molecular complexity index is 1180. The molecule has 176 valence electrons. The van der Waals surface area contributed by atoms with Gasteiger partial charge in [0, 0.05) is 30.9 Å². The van der Waals surface area contributed by atoms with Crippen LogP contribution >= 0.6 is 0 Å². The summed E-state index contributed by atoms with van der Waals surface area (Å²) < 4.78 is 0. The van der Waals surface area contributed by atoms with Crippen LogP contribution in [0, 0.1) is 20.8 Å². The van der Waals surface area contributed by atoms with Gasteiger partial charge in [-0.25, -0.2) is 4.79 Å². The molecule has 1 aliphatic heterocycles. The lowest BCUT2D eigenvalue weighted by molar-refractivity contribution is 0.0951. The molecule has 3 N–H and O–H groups in total. The summed E-state index contributed by atoms with van der Waals surface area (Å²) in [6.45, 7) is 8.35. The van der Waals surface area contributed by atoms with Crippen molar-refractivity contribution in [1.29, 1.82) is 0 Å². The lowest BCUT2D eigenvalue weighted by Crippen LogP contribution is -2.26. The smallest absolute Gasteiger partial charge is 0.323 e. The van der Waals surface area contributed by atoms with Gasteiger partial charge in [0.25, 0.3) is 5.91 Å². The summed E-state index contributed by atoms with van der Waals surface area (Å²) in [4.78, 5) is 28.0. The van der Waals surface area contributed by atoms with E-state index in [0.717, 1.165) is 54.0 Å². The van der Waals surface area contributed by atoms with Crippen molar-refractivity contribution >= 4 is 29.0 Å². The Morgan fingerprint density at radius 2 is 1.47 bits per heavy atom. The number of aryl methyl sites for hydroxylation is 3. The van der Waals surface area contributed by atoms with E-state index in [0.29, 0.717) is 17.8 Å². The molecule has 4 rings (SSSR count). The summed E-state index contributed by atoms with van der Waals surface area (Å²) in [7, 11) is 0. The molecule has 1 saturated heterocycles. The highest BCUT2D eigenvalue weighted by atomic mass is 16.2. The van der Waals surface area contributed by atoms with Gasteiger partial charge in [-0.2, -0.15) is 0 Å². The lowest BCUT2D eigenvalue weighted by atomic mass is 10.1. The monoisotopic (exact) mass is 456 g/mol. The van der Waals surface area contributed by atoms with Crippen molar-refractivity contribution in [3.8, 4) is 0 Å². The largest absolute Gasteiger partial charge is 0.370 e. The normalized spacial score (nSPS) is 13.0. The van der Waals surface area contributed by atoms with Gasteiger partial charge in [-0.1, -0.05) is 47.5 Å². The van der Waals surface area contributed by atoms with Crippen molar-refractivity contribution in [2.24, 2.45) is 0 Å². The first-order chi connectivity index (χ1) is 16.4. The minimum Gasteiger partial charge on any atom is -0.370 e. The summed E-state index contributed by atoms with van der Waals surface area (Å²) in [5.74, 6) is -0.175. The van der Waals surface area contributed by atoms with Gasteiger partial charge in [-0.15, -0.1) is 0 Å². The second kappa shape index (κ2) is 10.4. The molecular formula is C28H32N4O2. The van der Waals surface area contributed by atoms with Gasteiger partial charge < -0.3 is 20.9 Å². The van der Waals surface area contributed by atoms with Crippen molar-refractivity contribution in [2.75, 3.05) is 28.6 Å². The van der Waals surface area contributed by atoms with Gasteiger partial charge in [-0.3, -0.25) is 4.79 Å². The second-order valence-electron chi connectivity index (χ2n) is 8.99. The number of anilines is 3. The van der Waals surface area contributed by atoms with E-state index in [1.807, 2.05) is 75.4 Å². The van der Waals surface area contributed by atoms with E-state index < -0.39 is 0 Å². The van der Waals surface area contributed by atoms with Crippen LogP contribution in [0.3, 0.4) is 0 Å². The zero-order valence-electron chi connectivity index (χ0n) is 20.1. The van der Waals surface area contributed by atoms with E-state index in [1.165, 1.54) is 5.56 Å². The number of nitrogens with zero attached hydrogens (tertiary/aromatic N) is 1. The highest BCUT2D eigenvalue weighted by Crippen LogP contribution is 2.30. The SMILES string of the molecule is Cc1ccc(CNC(=O)c2ccc(N3CCCC3)c(NC(=O)Nc3ccc(C)cc3C)c2)cc1. The van der Waals surface area contributed by atoms with Gasteiger partial charge in [0.05, 0.1) is 11.4 Å². The number of urea groups is 1. The maximum Gasteiger partial charge on any atom is 0.323 e. The molecule has 6 nitrogen and oxygen atoms in total. The average molecular weight is 457 g/mol. The van der Waals surface area contributed by atoms with Crippen molar-refractivity contribution in [3.63, 3.8) is 0 Å². The molecule has 3 amide bonds. The summed E-state index contributed by atoms with van der Waals surface area (Å²) in [5.41, 5.74) is 7.20. The van der Waals surface area contributed by atoms with E-state index in [2.05, 4.69) is 20.9 Å². The summed E-state index contributed by atoms with van der Waals surface area (Å²) >= 11 is 0. The molecule has 0 atom stereocenters. The van der Waals surface area contributed by atoms with E-state index in [-0.39, 0.29) is 11.9 Å². The zero-order chi connectivity index (χ0) is 24.1. The highest BCUT2D eigenvalue weighted by molar-refractivity contribution is 6.04. The second-order valence-corrected chi connectivity index (χ2v) is 8.99. The Labute approximate surface area is 201 Å². The molecule has 1 aliphatic rings. The van der Waals surface area contributed by atoms with Crippen molar-refractivity contribution in [2.45, 2.75) is 40.2 Å². The first-order valence-corrected chi connectivity index (χ1v) is 11.8. The predicted molar refractivity (Wildman–Crippen MR) is 139 cm³/mol. The van der Waals surface area contributed by atoms with Gasteiger partial charge in [0.1, 0.15) is 0 Å². The van der Waals surface area contributed by atoms with Crippen LogP contribution in [0.2, 0.25) is 0 Å². The van der Waals surface area contributed by atoms with Crippen molar-refractivity contribution < 1.29 is 9.59 Å². The molecule has 0 aliphatic carbocycles. The third-order valence-electron chi connectivity index (χ3n) is 6.16. The third kappa shape index (κ3) is 5.76. The molecule has 1 heterocycles. The molecule has 34 heavy (non-hydrogen) atoms. The van der Waals surface area contributed by atoms with Crippen LogP contribution < -0.4 is 20.9 Å². The van der Waals surface area contributed by atoms with Crippen LogP contribution in [0.25, 0.3) is 0 Å².